The number of carbonyl (C=O) groups excluding carboxylic acids is 2. The van der Waals surface area contributed by atoms with E-state index in [0.29, 0.717) is 18.5 Å². The van der Waals surface area contributed by atoms with Crippen LogP contribution in [-0.4, -0.2) is 58.7 Å². The van der Waals surface area contributed by atoms with E-state index in [1.54, 1.807) is 0 Å². The minimum absolute atomic E-state index is 0.0547. The number of non-ortho nitro benzene ring substituents is 1. The van der Waals surface area contributed by atoms with Gasteiger partial charge in [0.05, 0.1) is 16.5 Å². The third-order valence-corrected chi connectivity index (χ3v) is 5.23. The molecular formula is C23H25N3O5. The van der Waals surface area contributed by atoms with Gasteiger partial charge in [0.1, 0.15) is 5.76 Å². The molecule has 1 aliphatic heterocycles. The monoisotopic (exact) mass is 423 g/mol. The Morgan fingerprint density at radius 3 is 2.52 bits per heavy atom. The Kier molecular flexibility index (Phi) is 6.50. The highest BCUT2D eigenvalue weighted by atomic mass is 16.6. The van der Waals surface area contributed by atoms with Gasteiger partial charge in [-0.05, 0) is 39.5 Å². The highest BCUT2D eigenvalue weighted by molar-refractivity contribution is 6.46. The molecule has 0 radical (unpaired) electrons. The van der Waals surface area contributed by atoms with E-state index >= 15 is 0 Å². The van der Waals surface area contributed by atoms with Crippen molar-refractivity contribution >= 4 is 23.1 Å². The van der Waals surface area contributed by atoms with Gasteiger partial charge in [-0.25, -0.2) is 0 Å². The summed E-state index contributed by atoms with van der Waals surface area (Å²) in [6.45, 7) is 2.98. The first-order chi connectivity index (χ1) is 14.7. The number of nitro groups is 1. The molecule has 2 aromatic rings. The molecule has 0 aromatic heterocycles. The molecule has 0 saturated carbocycles. The Morgan fingerprint density at radius 1 is 1.16 bits per heavy atom. The molecule has 1 amide bonds. The SMILES string of the molecule is Cc1cccc(C2/C(=C(/O)c3cccc([N+](=O)[O-])c3)C(=O)C(=O)N2CCCN(C)C)c1. The maximum absolute atomic E-state index is 13.0. The van der Waals surface area contributed by atoms with E-state index in [2.05, 4.69) is 0 Å². The van der Waals surface area contributed by atoms with Crippen molar-refractivity contribution in [3.8, 4) is 0 Å². The van der Waals surface area contributed by atoms with Gasteiger partial charge in [0.2, 0.25) is 0 Å². The summed E-state index contributed by atoms with van der Waals surface area (Å²) in [5.74, 6) is -1.89. The van der Waals surface area contributed by atoms with Crippen LogP contribution in [0.25, 0.3) is 5.76 Å². The summed E-state index contributed by atoms with van der Waals surface area (Å²) in [5.41, 5.74) is 1.51. The summed E-state index contributed by atoms with van der Waals surface area (Å²) in [4.78, 5) is 39.9. The molecule has 1 unspecified atom stereocenters. The van der Waals surface area contributed by atoms with E-state index in [4.69, 9.17) is 0 Å². The molecular weight excluding hydrogens is 398 g/mol. The Morgan fingerprint density at radius 2 is 1.87 bits per heavy atom. The predicted molar refractivity (Wildman–Crippen MR) is 116 cm³/mol. The number of aryl methyl sites for hydroxylation is 1. The second kappa shape index (κ2) is 9.09. The number of likely N-dealkylation sites (tertiary alicyclic amines) is 1. The Labute approximate surface area is 180 Å². The van der Waals surface area contributed by atoms with Gasteiger partial charge >= 0.3 is 0 Å². The van der Waals surface area contributed by atoms with E-state index in [9.17, 15) is 24.8 Å². The van der Waals surface area contributed by atoms with Gasteiger partial charge in [0.25, 0.3) is 17.4 Å². The van der Waals surface area contributed by atoms with Crippen molar-refractivity contribution in [2.75, 3.05) is 27.2 Å². The van der Waals surface area contributed by atoms with Crippen LogP contribution < -0.4 is 0 Å². The zero-order valence-electron chi connectivity index (χ0n) is 17.7. The molecule has 8 heteroatoms. The van der Waals surface area contributed by atoms with Crippen LogP contribution in [-0.2, 0) is 9.59 Å². The number of rotatable bonds is 7. The maximum Gasteiger partial charge on any atom is 0.295 e. The summed E-state index contributed by atoms with van der Waals surface area (Å²) in [6.07, 6.45) is 0.652. The first kappa shape index (κ1) is 22.2. The molecule has 0 bridgehead atoms. The summed E-state index contributed by atoms with van der Waals surface area (Å²) < 4.78 is 0. The minimum Gasteiger partial charge on any atom is -0.507 e. The first-order valence-electron chi connectivity index (χ1n) is 9.95. The largest absolute Gasteiger partial charge is 0.507 e. The number of ketones is 1. The lowest BCUT2D eigenvalue weighted by Gasteiger charge is -2.26. The second-order valence-electron chi connectivity index (χ2n) is 7.87. The first-order valence-corrected chi connectivity index (χ1v) is 9.95. The number of amides is 1. The summed E-state index contributed by atoms with van der Waals surface area (Å²) in [7, 11) is 3.85. The molecule has 1 saturated heterocycles. The van der Waals surface area contributed by atoms with Gasteiger partial charge in [-0.2, -0.15) is 0 Å². The highest BCUT2D eigenvalue weighted by Gasteiger charge is 2.45. The zero-order chi connectivity index (χ0) is 22.7. The fourth-order valence-corrected chi connectivity index (χ4v) is 3.78. The van der Waals surface area contributed by atoms with Crippen LogP contribution in [0.5, 0.6) is 0 Å². The van der Waals surface area contributed by atoms with Crippen LogP contribution in [0.2, 0.25) is 0 Å². The smallest absolute Gasteiger partial charge is 0.295 e. The number of Topliss-reactive ketones (excluding diaryl/α,β-unsaturated/α-hetero) is 1. The number of hydrogen-bond donors (Lipinski definition) is 1. The van der Waals surface area contributed by atoms with E-state index in [1.165, 1.54) is 29.2 Å². The second-order valence-corrected chi connectivity index (χ2v) is 7.87. The number of nitrogens with zero attached hydrogens (tertiary/aromatic N) is 3. The van der Waals surface area contributed by atoms with Gasteiger partial charge in [0.15, 0.2) is 0 Å². The standard InChI is InChI=1S/C23H25N3O5/c1-15-7-4-8-16(13-15)20-19(21(27)17-9-5-10-18(14-17)26(30)31)22(28)23(29)25(20)12-6-11-24(2)3/h4-5,7-10,13-14,20,27H,6,11-12H2,1-3H3/b21-19-. The van der Waals surface area contributed by atoms with Crippen molar-refractivity contribution in [2.45, 2.75) is 19.4 Å². The van der Waals surface area contributed by atoms with Crippen LogP contribution in [0.1, 0.15) is 29.2 Å². The van der Waals surface area contributed by atoms with Crippen LogP contribution in [0.3, 0.4) is 0 Å². The third-order valence-electron chi connectivity index (χ3n) is 5.23. The maximum atomic E-state index is 13.0. The molecule has 0 spiro atoms. The fraction of sp³-hybridized carbons (Fsp3) is 0.304. The zero-order valence-corrected chi connectivity index (χ0v) is 17.7. The van der Waals surface area contributed by atoms with Crippen molar-refractivity contribution in [3.63, 3.8) is 0 Å². The molecule has 1 aliphatic rings. The molecule has 0 aliphatic carbocycles. The van der Waals surface area contributed by atoms with Gasteiger partial charge in [-0.1, -0.05) is 42.0 Å². The molecule has 2 aromatic carbocycles. The van der Waals surface area contributed by atoms with Crippen molar-refractivity contribution < 1.29 is 19.6 Å². The third kappa shape index (κ3) is 4.64. The van der Waals surface area contributed by atoms with E-state index in [1.807, 2.05) is 50.2 Å². The molecule has 162 valence electrons. The van der Waals surface area contributed by atoms with Gasteiger partial charge in [0, 0.05) is 24.2 Å². The van der Waals surface area contributed by atoms with Crippen molar-refractivity contribution in [2.24, 2.45) is 0 Å². The van der Waals surface area contributed by atoms with Crippen molar-refractivity contribution in [1.29, 1.82) is 0 Å². The normalized spacial score (nSPS) is 18.1. The lowest BCUT2D eigenvalue weighted by atomic mass is 9.94. The van der Waals surface area contributed by atoms with Crippen molar-refractivity contribution in [1.82, 2.24) is 9.80 Å². The topological polar surface area (TPSA) is 104 Å². The molecule has 1 atom stereocenters. The summed E-state index contributed by atoms with van der Waals surface area (Å²) in [5, 5.41) is 22.1. The number of hydrogen-bond acceptors (Lipinski definition) is 6. The summed E-state index contributed by atoms with van der Waals surface area (Å²) in [6, 6.07) is 12.1. The van der Waals surface area contributed by atoms with Crippen LogP contribution in [0, 0.1) is 17.0 Å². The van der Waals surface area contributed by atoms with Crippen LogP contribution >= 0.6 is 0 Å². The van der Waals surface area contributed by atoms with Gasteiger partial charge < -0.3 is 14.9 Å². The summed E-state index contributed by atoms with van der Waals surface area (Å²) >= 11 is 0. The number of aliphatic hydroxyl groups excluding tert-OH is 1. The van der Waals surface area contributed by atoms with Crippen molar-refractivity contribution in [3.05, 3.63) is 80.9 Å². The highest BCUT2D eigenvalue weighted by Crippen LogP contribution is 2.40. The van der Waals surface area contributed by atoms with Gasteiger partial charge in [-0.15, -0.1) is 0 Å². The number of carbonyl (C=O) groups is 2. The van der Waals surface area contributed by atoms with Crippen LogP contribution in [0.4, 0.5) is 5.69 Å². The van der Waals surface area contributed by atoms with E-state index < -0.39 is 28.4 Å². The molecule has 3 rings (SSSR count). The van der Waals surface area contributed by atoms with E-state index in [-0.39, 0.29) is 16.8 Å². The number of benzene rings is 2. The molecule has 8 nitrogen and oxygen atoms in total. The predicted octanol–water partition coefficient (Wildman–Crippen LogP) is 3.28. The molecule has 1 heterocycles. The Balaban J connectivity index is 2.12. The average Bonchev–Trinajstić information content (AvgIpc) is 2.98. The molecule has 1 N–H and O–H groups in total. The average molecular weight is 423 g/mol. The number of nitro benzene ring substituents is 1. The van der Waals surface area contributed by atoms with E-state index in [0.717, 1.165) is 12.1 Å². The van der Waals surface area contributed by atoms with Crippen LogP contribution in [0.15, 0.2) is 54.1 Å². The Hall–Kier alpha value is -3.52. The molecule has 1 fully saturated rings. The number of aliphatic hydroxyl groups is 1. The lowest BCUT2D eigenvalue weighted by molar-refractivity contribution is -0.384. The molecule has 31 heavy (non-hydrogen) atoms. The quantitative estimate of drug-likeness (QED) is 0.241. The lowest BCUT2D eigenvalue weighted by Crippen LogP contribution is -2.32. The Bertz CT molecular complexity index is 1060. The van der Waals surface area contributed by atoms with Gasteiger partial charge in [-0.3, -0.25) is 19.7 Å². The minimum atomic E-state index is -0.791. The fourth-order valence-electron chi connectivity index (χ4n) is 3.78.